The third-order valence-electron chi connectivity index (χ3n) is 2.82. The summed E-state index contributed by atoms with van der Waals surface area (Å²) in [6, 6.07) is 4.63. The minimum Gasteiger partial charge on any atom is -0.334 e. The van der Waals surface area contributed by atoms with Gasteiger partial charge in [-0.25, -0.2) is 4.79 Å². The second kappa shape index (κ2) is 5.48. The average molecular weight is 273 g/mol. The van der Waals surface area contributed by atoms with Crippen LogP contribution < -0.4 is 16.0 Å². The summed E-state index contributed by atoms with van der Waals surface area (Å²) < 4.78 is 37.5. The molecule has 2 rings (SSSR count). The Morgan fingerprint density at radius 3 is 2.68 bits per heavy atom. The van der Waals surface area contributed by atoms with E-state index in [1.54, 1.807) is 6.07 Å². The predicted molar refractivity (Wildman–Crippen MR) is 63.5 cm³/mol. The van der Waals surface area contributed by atoms with Crippen LogP contribution in [0, 0.1) is 0 Å². The van der Waals surface area contributed by atoms with Crippen molar-refractivity contribution in [3.05, 3.63) is 35.4 Å². The Hall–Kier alpha value is -1.76. The largest absolute Gasteiger partial charge is 0.416 e. The maximum Gasteiger partial charge on any atom is 0.416 e. The van der Waals surface area contributed by atoms with Gasteiger partial charge in [0, 0.05) is 19.6 Å². The normalized spacial score (nSPS) is 15.7. The molecule has 0 radical (unpaired) electrons. The van der Waals surface area contributed by atoms with Gasteiger partial charge in [0.25, 0.3) is 0 Å². The van der Waals surface area contributed by atoms with Crippen molar-refractivity contribution < 1.29 is 18.0 Å². The molecule has 0 atom stereocenters. The van der Waals surface area contributed by atoms with Crippen LogP contribution in [-0.2, 0) is 12.7 Å². The first kappa shape index (κ1) is 13.7. The van der Waals surface area contributed by atoms with Gasteiger partial charge in [-0.1, -0.05) is 12.1 Å². The van der Waals surface area contributed by atoms with Gasteiger partial charge in [0.15, 0.2) is 0 Å². The van der Waals surface area contributed by atoms with Gasteiger partial charge in [-0.05, 0) is 17.7 Å². The fraction of sp³-hybridized carbons (Fsp3) is 0.417. The van der Waals surface area contributed by atoms with Gasteiger partial charge < -0.3 is 16.0 Å². The van der Waals surface area contributed by atoms with E-state index in [-0.39, 0.29) is 18.6 Å². The molecule has 1 heterocycles. The molecule has 1 aromatic carbocycles. The Labute approximate surface area is 108 Å². The number of halogens is 3. The number of nitrogens with one attached hydrogen (secondary N) is 3. The quantitative estimate of drug-likeness (QED) is 0.781. The van der Waals surface area contributed by atoms with Crippen molar-refractivity contribution in [3.63, 3.8) is 0 Å². The highest BCUT2D eigenvalue weighted by Gasteiger charge is 2.30. The molecule has 1 aromatic rings. The Morgan fingerprint density at radius 2 is 2.11 bits per heavy atom. The molecule has 104 valence electrons. The van der Waals surface area contributed by atoms with Crippen molar-refractivity contribution in [2.75, 3.05) is 13.1 Å². The number of hydrogen-bond donors (Lipinski definition) is 3. The number of amides is 2. The number of carbonyl (C=O) groups is 1. The Bertz CT molecular complexity index is 458. The maximum absolute atomic E-state index is 12.5. The van der Waals surface area contributed by atoms with Crippen molar-refractivity contribution in [3.8, 4) is 0 Å². The van der Waals surface area contributed by atoms with Gasteiger partial charge in [-0.3, -0.25) is 0 Å². The van der Waals surface area contributed by atoms with E-state index in [9.17, 15) is 18.0 Å². The summed E-state index contributed by atoms with van der Waals surface area (Å²) in [4.78, 5) is 11.4. The molecule has 0 saturated carbocycles. The zero-order chi connectivity index (χ0) is 13.9. The Kier molecular flexibility index (Phi) is 3.94. The Morgan fingerprint density at radius 1 is 1.37 bits per heavy atom. The molecule has 19 heavy (non-hydrogen) atoms. The molecular formula is C12H14F3N3O. The van der Waals surface area contributed by atoms with Crippen LogP contribution >= 0.6 is 0 Å². The van der Waals surface area contributed by atoms with E-state index in [4.69, 9.17) is 0 Å². The molecule has 1 aliphatic heterocycles. The lowest BCUT2D eigenvalue weighted by Crippen LogP contribution is -2.58. The number of rotatable bonds is 3. The van der Waals surface area contributed by atoms with Crippen LogP contribution in [-0.4, -0.2) is 25.2 Å². The third-order valence-corrected chi connectivity index (χ3v) is 2.82. The maximum atomic E-state index is 12.5. The van der Waals surface area contributed by atoms with E-state index in [1.807, 2.05) is 0 Å². The van der Waals surface area contributed by atoms with Crippen LogP contribution in [0.3, 0.4) is 0 Å². The van der Waals surface area contributed by atoms with Crippen molar-refractivity contribution in [2.24, 2.45) is 0 Å². The van der Waals surface area contributed by atoms with E-state index in [0.29, 0.717) is 5.56 Å². The smallest absolute Gasteiger partial charge is 0.334 e. The van der Waals surface area contributed by atoms with Gasteiger partial charge in [-0.2, -0.15) is 13.2 Å². The zero-order valence-electron chi connectivity index (χ0n) is 10.1. The molecule has 0 aromatic heterocycles. The number of urea groups is 1. The minimum absolute atomic E-state index is 0.0654. The van der Waals surface area contributed by atoms with Crippen LogP contribution in [0.25, 0.3) is 0 Å². The van der Waals surface area contributed by atoms with Gasteiger partial charge in [0.05, 0.1) is 11.6 Å². The van der Waals surface area contributed by atoms with E-state index >= 15 is 0 Å². The summed E-state index contributed by atoms with van der Waals surface area (Å²) in [6.07, 6.45) is -4.37. The Balaban J connectivity index is 1.86. The third kappa shape index (κ3) is 3.85. The standard InChI is InChI=1S/C12H14F3N3O/c13-12(14,15)9-3-1-2-8(4-9)5-17-11(19)18-10-6-16-7-10/h1-4,10,16H,5-7H2,(H2,17,18,19). The van der Waals surface area contributed by atoms with Crippen molar-refractivity contribution in [2.45, 2.75) is 18.8 Å². The minimum atomic E-state index is -4.37. The van der Waals surface area contributed by atoms with Crippen molar-refractivity contribution in [1.82, 2.24) is 16.0 Å². The van der Waals surface area contributed by atoms with Crippen LogP contribution in [0.4, 0.5) is 18.0 Å². The van der Waals surface area contributed by atoms with Crippen LogP contribution in [0.5, 0.6) is 0 Å². The topological polar surface area (TPSA) is 53.2 Å². The lowest BCUT2D eigenvalue weighted by atomic mass is 10.1. The van der Waals surface area contributed by atoms with E-state index in [1.165, 1.54) is 6.07 Å². The fourth-order valence-corrected chi connectivity index (χ4v) is 1.67. The van der Waals surface area contributed by atoms with Crippen molar-refractivity contribution in [1.29, 1.82) is 0 Å². The van der Waals surface area contributed by atoms with Crippen LogP contribution in [0.15, 0.2) is 24.3 Å². The first-order chi connectivity index (χ1) is 8.95. The van der Waals surface area contributed by atoms with Gasteiger partial charge in [0.2, 0.25) is 0 Å². The molecule has 1 fully saturated rings. The number of carbonyl (C=O) groups excluding carboxylic acids is 1. The summed E-state index contributed by atoms with van der Waals surface area (Å²) in [5.41, 5.74) is -0.299. The molecule has 1 saturated heterocycles. The molecule has 0 bridgehead atoms. The van der Waals surface area contributed by atoms with Crippen molar-refractivity contribution >= 4 is 6.03 Å². The average Bonchev–Trinajstić information content (AvgIpc) is 2.31. The second-order valence-corrected chi connectivity index (χ2v) is 4.38. The molecule has 4 nitrogen and oxygen atoms in total. The monoisotopic (exact) mass is 273 g/mol. The molecule has 0 aliphatic carbocycles. The number of hydrogen-bond acceptors (Lipinski definition) is 2. The first-order valence-corrected chi connectivity index (χ1v) is 5.86. The zero-order valence-corrected chi connectivity index (χ0v) is 10.1. The van der Waals surface area contributed by atoms with Crippen LogP contribution in [0.2, 0.25) is 0 Å². The molecular weight excluding hydrogens is 259 g/mol. The van der Waals surface area contributed by atoms with E-state index in [0.717, 1.165) is 25.2 Å². The molecule has 1 aliphatic rings. The van der Waals surface area contributed by atoms with Gasteiger partial charge in [0.1, 0.15) is 0 Å². The van der Waals surface area contributed by atoms with E-state index in [2.05, 4.69) is 16.0 Å². The summed E-state index contributed by atoms with van der Waals surface area (Å²) in [5, 5.41) is 8.23. The summed E-state index contributed by atoms with van der Waals surface area (Å²) in [7, 11) is 0. The van der Waals surface area contributed by atoms with Gasteiger partial charge >= 0.3 is 12.2 Å². The summed E-state index contributed by atoms with van der Waals surface area (Å²) in [5.74, 6) is 0. The lowest BCUT2D eigenvalue weighted by Gasteiger charge is -2.27. The van der Waals surface area contributed by atoms with E-state index < -0.39 is 11.7 Å². The van der Waals surface area contributed by atoms with Gasteiger partial charge in [-0.15, -0.1) is 0 Å². The predicted octanol–water partition coefficient (Wildman–Crippen LogP) is 1.48. The second-order valence-electron chi connectivity index (χ2n) is 4.38. The summed E-state index contributed by atoms with van der Waals surface area (Å²) in [6.45, 7) is 1.50. The molecule has 2 amide bonds. The SMILES string of the molecule is O=C(NCc1cccc(C(F)(F)F)c1)NC1CNC1. The number of benzene rings is 1. The highest BCUT2D eigenvalue weighted by Crippen LogP contribution is 2.29. The number of alkyl halides is 3. The lowest BCUT2D eigenvalue weighted by molar-refractivity contribution is -0.137. The molecule has 0 unspecified atom stereocenters. The molecule has 0 spiro atoms. The highest BCUT2D eigenvalue weighted by molar-refractivity contribution is 5.74. The molecule has 3 N–H and O–H groups in total. The molecule has 7 heteroatoms. The van der Waals surface area contributed by atoms with Crippen LogP contribution in [0.1, 0.15) is 11.1 Å². The summed E-state index contributed by atoms with van der Waals surface area (Å²) >= 11 is 0. The first-order valence-electron chi connectivity index (χ1n) is 5.86. The fourth-order valence-electron chi connectivity index (χ4n) is 1.67. The highest BCUT2D eigenvalue weighted by atomic mass is 19.4.